The molecule has 0 saturated carbocycles. The Kier molecular flexibility index (Phi) is 8.09. The third-order valence-electron chi connectivity index (χ3n) is 5.78. The highest BCUT2D eigenvalue weighted by molar-refractivity contribution is 7.80. The van der Waals surface area contributed by atoms with Crippen LogP contribution in [0, 0.1) is 0 Å². The molecule has 1 N–H and O–H groups in total. The van der Waals surface area contributed by atoms with Crippen LogP contribution in [0.3, 0.4) is 0 Å². The van der Waals surface area contributed by atoms with E-state index in [1.54, 1.807) is 85.9 Å². The van der Waals surface area contributed by atoms with E-state index in [-0.39, 0.29) is 24.8 Å². The van der Waals surface area contributed by atoms with Crippen molar-refractivity contribution in [3.63, 3.8) is 0 Å². The summed E-state index contributed by atoms with van der Waals surface area (Å²) in [5.74, 6) is -0.446. The molecule has 1 aliphatic rings. The van der Waals surface area contributed by atoms with E-state index in [1.807, 2.05) is 6.07 Å². The number of aromatic nitrogens is 1. The van der Waals surface area contributed by atoms with Gasteiger partial charge in [-0.15, -0.1) is 0 Å². The second kappa shape index (κ2) is 11.6. The molecule has 0 unspecified atom stereocenters. The first-order valence-corrected chi connectivity index (χ1v) is 12.1. The Morgan fingerprint density at radius 2 is 1.81 bits per heavy atom. The van der Waals surface area contributed by atoms with E-state index in [2.05, 4.69) is 10.3 Å². The summed E-state index contributed by atoms with van der Waals surface area (Å²) in [4.78, 5) is 45.7. The van der Waals surface area contributed by atoms with Crippen LogP contribution in [0.25, 0.3) is 0 Å². The van der Waals surface area contributed by atoms with Crippen molar-refractivity contribution in [2.75, 3.05) is 23.9 Å². The van der Waals surface area contributed by atoms with E-state index in [1.165, 1.54) is 4.90 Å². The van der Waals surface area contributed by atoms with Gasteiger partial charge in [0.25, 0.3) is 5.91 Å². The van der Waals surface area contributed by atoms with E-state index in [9.17, 15) is 14.4 Å². The Morgan fingerprint density at radius 1 is 1.08 bits per heavy atom. The van der Waals surface area contributed by atoms with Crippen LogP contribution in [0.5, 0.6) is 5.75 Å². The normalized spacial score (nSPS) is 15.0. The van der Waals surface area contributed by atoms with E-state index in [4.69, 9.17) is 21.7 Å². The number of benzene rings is 2. The number of hydrogen-bond donors (Lipinski definition) is 1. The molecular weight excluding hydrogens is 492 g/mol. The summed E-state index contributed by atoms with van der Waals surface area (Å²) in [6, 6.07) is 16.2. The number of thiocarbonyl (C=S) groups is 1. The minimum absolute atomic E-state index is 0.120. The summed E-state index contributed by atoms with van der Waals surface area (Å²) >= 11 is 5.71. The number of methoxy groups -OCH3 is 1. The number of carbonyl (C=O) groups is 3. The fourth-order valence-electron chi connectivity index (χ4n) is 3.96. The van der Waals surface area contributed by atoms with Crippen LogP contribution in [-0.4, -0.2) is 52.5 Å². The van der Waals surface area contributed by atoms with Gasteiger partial charge in [0.2, 0.25) is 5.91 Å². The van der Waals surface area contributed by atoms with Gasteiger partial charge in [0.05, 0.1) is 31.4 Å². The van der Waals surface area contributed by atoms with Crippen molar-refractivity contribution in [1.82, 2.24) is 9.88 Å². The van der Waals surface area contributed by atoms with Crippen molar-refractivity contribution < 1.29 is 23.9 Å². The van der Waals surface area contributed by atoms with Crippen LogP contribution in [0.1, 0.15) is 29.3 Å². The lowest BCUT2D eigenvalue weighted by atomic mass is 10.1. The Morgan fingerprint density at radius 3 is 2.43 bits per heavy atom. The number of ether oxygens (including phenoxy) is 2. The molecule has 1 atom stereocenters. The number of pyridine rings is 1. The zero-order valence-electron chi connectivity index (χ0n) is 20.4. The van der Waals surface area contributed by atoms with Gasteiger partial charge in [-0.2, -0.15) is 0 Å². The number of carbonyl (C=O) groups excluding carboxylic acids is 3. The molecule has 4 rings (SSSR count). The topological polar surface area (TPSA) is 101 Å². The number of nitrogens with one attached hydrogen (secondary N) is 1. The zero-order chi connectivity index (χ0) is 26.4. The van der Waals surface area contributed by atoms with E-state index < -0.39 is 12.0 Å². The quantitative estimate of drug-likeness (QED) is 0.337. The average Bonchev–Trinajstić information content (AvgIpc) is 3.13. The van der Waals surface area contributed by atoms with Crippen molar-refractivity contribution in [1.29, 1.82) is 0 Å². The lowest BCUT2D eigenvalue weighted by Gasteiger charge is -2.24. The minimum Gasteiger partial charge on any atom is -0.497 e. The summed E-state index contributed by atoms with van der Waals surface area (Å²) < 4.78 is 10.2. The predicted molar refractivity (Wildman–Crippen MR) is 142 cm³/mol. The van der Waals surface area contributed by atoms with Crippen molar-refractivity contribution in [2.24, 2.45) is 0 Å². The maximum atomic E-state index is 13.6. The molecule has 1 aromatic heterocycles. The molecule has 10 heteroatoms. The molecule has 3 aromatic rings. The van der Waals surface area contributed by atoms with Crippen LogP contribution in [0.15, 0.2) is 73.1 Å². The van der Waals surface area contributed by atoms with E-state index in [0.29, 0.717) is 34.3 Å². The van der Waals surface area contributed by atoms with Gasteiger partial charge >= 0.3 is 5.97 Å². The minimum atomic E-state index is -0.811. The maximum Gasteiger partial charge on any atom is 0.338 e. The first kappa shape index (κ1) is 25.8. The SMILES string of the molecule is CCOC(=O)c1ccc(NC(=O)C[C@@H]2C(=O)N(c3ccc(OC)cc3)C(=S)N2Cc2cccnc2)cc1. The van der Waals surface area contributed by atoms with Crippen LogP contribution >= 0.6 is 12.2 Å². The van der Waals surface area contributed by atoms with Crippen molar-refractivity contribution in [3.8, 4) is 5.75 Å². The van der Waals surface area contributed by atoms with Crippen molar-refractivity contribution in [3.05, 3.63) is 84.2 Å². The molecule has 9 nitrogen and oxygen atoms in total. The third-order valence-corrected chi connectivity index (χ3v) is 6.20. The monoisotopic (exact) mass is 518 g/mol. The number of anilines is 2. The Labute approximate surface area is 220 Å². The molecule has 2 amide bonds. The Bertz CT molecular complexity index is 1280. The standard InChI is InChI=1S/C27H26N4O5S/c1-3-36-26(34)19-6-8-20(9-7-19)29-24(32)15-23-25(33)31(21-10-12-22(35-2)13-11-21)27(37)30(23)17-18-5-4-14-28-16-18/h4-14,16,23H,3,15,17H2,1-2H3,(H,29,32)/t23-/m1/s1. The summed E-state index contributed by atoms with van der Waals surface area (Å²) in [5, 5.41) is 3.10. The molecule has 1 fully saturated rings. The number of nitrogens with zero attached hydrogens (tertiary/aromatic N) is 3. The summed E-state index contributed by atoms with van der Waals surface area (Å²) in [7, 11) is 1.56. The number of esters is 1. The Hall–Kier alpha value is -4.31. The number of amides is 2. The van der Waals surface area contributed by atoms with E-state index in [0.717, 1.165) is 5.56 Å². The molecule has 0 bridgehead atoms. The zero-order valence-corrected chi connectivity index (χ0v) is 21.2. The van der Waals surface area contributed by atoms with Gasteiger partial charge in [0.15, 0.2) is 5.11 Å². The molecular formula is C27H26N4O5S. The first-order chi connectivity index (χ1) is 17.9. The largest absolute Gasteiger partial charge is 0.497 e. The summed E-state index contributed by atoms with van der Waals surface area (Å²) in [6.45, 7) is 2.32. The lowest BCUT2D eigenvalue weighted by Crippen LogP contribution is -2.37. The molecule has 2 aromatic carbocycles. The van der Waals surface area contributed by atoms with Crippen LogP contribution in [0.2, 0.25) is 0 Å². The van der Waals surface area contributed by atoms with Crippen LogP contribution < -0.4 is 15.0 Å². The number of rotatable bonds is 9. The fraction of sp³-hybridized carbons (Fsp3) is 0.222. The number of hydrogen-bond acceptors (Lipinski definition) is 7. The van der Waals surface area contributed by atoms with Gasteiger partial charge in [0.1, 0.15) is 11.8 Å². The molecule has 190 valence electrons. The van der Waals surface area contributed by atoms with E-state index >= 15 is 0 Å². The molecule has 37 heavy (non-hydrogen) atoms. The lowest BCUT2D eigenvalue weighted by molar-refractivity contribution is -0.124. The third kappa shape index (κ3) is 5.92. The summed E-state index contributed by atoms with van der Waals surface area (Å²) in [5.41, 5.74) is 2.32. The highest BCUT2D eigenvalue weighted by atomic mass is 32.1. The second-order valence-corrected chi connectivity index (χ2v) is 8.57. The van der Waals surface area contributed by atoms with Crippen LogP contribution in [0.4, 0.5) is 11.4 Å². The van der Waals surface area contributed by atoms with Crippen LogP contribution in [-0.2, 0) is 20.9 Å². The van der Waals surface area contributed by atoms with Crippen molar-refractivity contribution >= 4 is 46.5 Å². The summed E-state index contributed by atoms with van der Waals surface area (Å²) in [6.07, 6.45) is 3.25. The highest BCUT2D eigenvalue weighted by Crippen LogP contribution is 2.30. The molecule has 1 aliphatic heterocycles. The van der Waals surface area contributed by atoms with Gasteiger partial charge in [-0.25, -0.2) is 4.79 Å². The smallest absolute Gasteiger partial charge is 0.338 e. The molecule has 0 radical (unpaired) electrons. The van der Waals surface area contributed by atoms with Gasteiger partial charge in [0, 0.05) is 24.6 Å². The first-order valence-electron chi connectivity index (χ1n) is 11.7. The Balaban J connectivity index is 1.53. The van der Waals surface area contributed by atoms with Gasteiger partial charge < -0.3 is 19.7 Å². The van der Waals surface area contributed by atoms with Crippen molar-refractivity contribution in [2.45, 2.75) is 25.9 Å². The van der Waals surface area contributed by atoms with Gasteiger partial charge in [-0.3, -0.25) is 19.5 Å². The van der Waals surface area contributed by atoms with Gasteiger partial charge in [-0.05, 0) is 79.3 Å². The molecule has 2 heterocycles. The molecule has 0 aliphatic carbocycles. The average molecular weight is 519 g/mol. The fourth-order valence-corrected chi connectivity index (χ4v) is 4.35. The molecule has 0 spiro atoms. The maximum absolute atomic E-state index is 13.6. The predicted octanol–water partition coefficient (Wildman–Crippen LogP) is 3.80. The second-order valence-electron chi connectivity index (χ2n) is 8.21. The van der Waals surface area contributed by atoms with Gasteiger partial charge in [-0.1, -0.05) is 6.07 Å². The highest BCUT2D eigenvalue weighted by Gasteiger charge is 2.44. The molecule has 1 saturated heterocycles.